The molecule has 0 saturated heterocycles. The van der Waals surface area contributed by atoms with Crippen molar-refractivity contribution < 1.29 is 0 Å². The van der Waals surface area contributed by atoms with Crippen LogP contribution in [0.25, 0.3) is 0 Å². The Morgan fingerprint density at radius 3 is 2.85 bits per heavy atom. The van der Waals surface area contributed by atoms with Crippen molar-refractivity contribution in [3.63, 3.8) is 0 Å². The standard InChI is InChI=1S/C13H20/c1-2-3-4-12-9-13(12)8-10-5-6-11(13)7-10/h2-3,10-12H,4-9H2,1H3/b3-2+/t10?,11?,12-,13+/m1/s1. The number of allylic oxidation sites excluding steroid dienone is 2. The van der Waals surface area contributed by atoms with Gasteiger partial charge in [-0.25, -0.2) is 0 Å². The van der Waals surface area contributed by atoms with E-state index in [0.29, 0.717) is 0 Å². The van der Waals surface area contributed by atoms with Crippen molar-refractivity contribution in [2.75, 3.05) is 0 Å². The summed E-state index contributed by atoms with van der Waals surface area (Å²) >= 11 is 0. The van der Waals surface area contributed by atoms with Crippen molar-refractivity contribution in [1.82, 2.24) is 0 Å². The van der Waals surface area contributed by atoms with Crippen molar-refractivity contribution >= 4 is 0 Å². The molecule has 3 aliphatic carbocycles. The fourth-order valence-electron chi connectivity index (χ4n) is 4.25. The lowest BCUT2D eigenvalue weighted by Gasteiger charge is -2.22. The van der Waals surface area contributed by atoms with E-state index < -0.39 is 0 Å². The van der Waals surface area contributed by atoms with E-state index in [0.717, 1.165) is 23.2 Å². The van der Waals surface area contributed by atoms with E-state index in [4.69, 9.17) is 0 Å². The number of hydrogen-bond acceptors (Lipinski definition) is 0. The van der Waals surface area contributed by atoms with Gasteiger partial charge in [0.2, 0.25) is 0 Å². The molecule has 3 aliphatic rings. The molecule has 3 rings (SSSR count). The van der Waals surface area contributed by atoms with E-state index in [2.05, 4.69) is 19.1 Å². The topological polar surface area (TPSA) is 0 Å². The lowest BCUT2D eigenvalue weighted by molar-refractivity contribution is 0.281. The quantitative estimate of drug-likeness (QED) is 0.562. The van der Waals surface area contributed by atoms with Crippen LogP contribution in [0.2, 0.25) is 0 Å². The highest BCUT2D eigenvalue weighted by Gasteiger charge is 2.63. The van der Waals surface area contributed by atoms with Crippen molar-refractivity contribution in [1.29, 1.82) is 0 Å². The maximum atomic E-state index is 2.38. The molecule has 0 nitrogen and oxygen atoms in total. The SMILES string of the molecule is C/C=C/C[C@@H]1C[C@]12CC1CCC2C1. The lowest BCUT2D eigenvalue weighted by atomic mass is 9.83. The molecule has 0 aromatic carbocycles. The zero-order valence-corrected chi connectivity index (χ0v) is 8.63. The fourth-order valence-corrected chi connectivity index (χ4v) is 4.25. The van der Waals surface area contributed by atoms with Crippen LogP contribution >= 0.6 is 0 Å². The second kappa shape index (κ2) is 2.62. The predicted molar refractivity (Wildman–Crippen MR) is 55.4 cm³/mol. The van der Waals surface area contributed by atoms with E-state index in [1.165, 1.54) is 6.42 Å². The zero-order valence-electron chi connectivity index (χ0n) is 8.63. The first-order valence-corrected chi connectivity index (χ1v) is 5.96. The summed E-state index contributed by atoms with van der Waals surface area (Å²) in [5.41, 5.74) is 0.877. The van der Waals surface area contributed by atoms with Crippen LogP contribution in [0, 0.1) is 23.2 Å². The van der Waals surface area contributed by atoms with Gasteiger partial charge in [-0.3, -0.25) is 0 Å². The molecule has 0 aromatic heterocycles. The molecule has 0 aliphatic heterocycles. The minimum absolute atomic E-state index is 0.877. The first kappa shape index (κ1) is 8.08. The molecule has 3 saturated carbocycles. The molecule has 0 N–H and O–H groups in total. The smallest absolute Gasteiger partial charge is 0.0232 e. The van der Waals surface area contributed by atoms with Crippen molar-refractivity contribution in [3.05, 3.63) is 12.2 Å². The van der Waals surface area contributed by atoms with E-state index in [1.54, 1.807) is 32.1 Å². The normalized spacial score (nSPS) is 52.5. The van der Waals surface area contributed by atoms with E-state index >= 15 is 0 Å². The summed E-state index contributed by atoms with van der Waals surface area (Å²) in [5, 5.41) is 0. The third-order valence-corrected chi connectivity index (χ3v) is 4.96. The highest BCUT2D eigenvalue weighted by molar-refractivity contribution is 5.14. The van der Waals surface area contributed by atoms with Gasteiger partial charge in [-0.1, -0.05) is 18.6 Å². The molecular weight excluding hydrogens is 156 g/mol. The molecule has 2 bridgehead atoms. The first-order valence-electron chi connectivity index (χ1n) is 5.96. The molecule has 72 valence electrons. The Bertz CT molecular complexity index is 240. The number of rotatable bonds is 2. The largest absolute Gasteiger partial charge is 0.0917 e. The maximum Gasteiger partial charge on any atom is -0.0232 e. The Morgan fingerprint density at radius 2 is 2.23 bits per heavy atom. The van der Waals surface area contributed by atoms with Gasteiger partial charge in [-0.2, -0.15) is 0 Å². The highest BCUT2D eigenvalue weighted by atomic mass is 14.7. The van der Waals surface area contributed by atoms with Gasteiger partial charge >= 0.3 is 0 Å². The molecule has 13 heavy (non-hydrogen) atoms. The first-order chi connectivity index (χ1) is 6.35. The maximum absolute atomic E-state index is 2.38. The monoisotopic (exact) mass is 176 g/mol. The van der Waals surface area contributed by atoms with Gasteiger partial charge in [-0.15, -0.1) is 0 Å². The molecule has 0 aromatic rings. The van der Waals surface area contributed by atoms with Gasteiger partial charge in [0, 0.05) is 0 Å². The zero-order chi connectivity index (χ0) is 8.89. The van der Waals surface area contributed by atoms with Gasteiger partial charge in [0.05, 0.1) is 0 Å². The van der Waals surface area contributed by atoms with E-state index in [9.17, 15) is 0 Å². The van der Waals surface area contributed by atoms with Crippen LogP contribution in [0.5, 0.6) is 0 Å². The number of hydrogen-bond donors (Lipinski definition) is 0. The van der Waals surface area contributed by atoms with E-state index in [-0.39, 0.29) is 0 Å². The minimum Gasteiger partial charge on any atom is -0.0917 e. The van der Waals surface area contributed by atoms with Gasteiger partial charge < -0.3 is 0 Å². The van der Waals surface area contributed by atoms with Crippen molar-refractivity contribution in [3.8, 4) is 0 Å². The Hall–Kier alpha value is -0.260. The second-order valence-corrected chi connectivity index (χ2v) is 5.52. The third-order valence-electron chi connectivity index (χ3n) is 4.96. The summed E-state index contributed by atoms with van der Waals surface area (Å²) < 4.78 is 0. The molecule has 1 spiro atoms. The van der Waals surface area contributed by atoms with Crippen LogP contribution < -0.4 is 0 Å². The van der Waals surface area contributed by atoms with Gasteiger partial charge in [0.25, 0.3) is 0 Å². The summed E-state index contributed by atoms with van der Waals surface area (Å²) in [6.45, 7) is 2.15. The van der Waals surface area contributed by atoms with Crippen LogP contribution in [0.15, 0.2) is 12.2 Å². The van der Waals surface area contributed by atoms with Gasteiger partial charge in [-0.05, 0) is 62.2 Å². The summed E-state index contributed by atoms with van der Waals surface area (Å²) in [5.74, 6) is 3.37. The Morgan fingerprint density at radius 1 is 1.31 bits per heavy atom. The van der Waals surface area contributed by atoms with Gasteiger partial charge in [0.15, 0.2) is 0 Å². The highest BCUT2D eigenvalue weighted by Crippen LogP contribution is 2.72. The van der Waals surface area contributed by atoms with E-state index in [1.807, 2.05) is 0 Å². The van der Waals surface area contributed by atoms with Crippen LogP contribution in [0.1, 0.15) is 45.4 Å². The number of fused-ring (bicyclic) bond motifs is 3. The summed E-state index contributed by atoms with van der Waals surface area (Å²) in [7, 11) is 0. The molecule has 4 atom stereocenters. The van der Waals surface area contributed by atoms with Crippen LogP contribution in [-0.2, 0) is 0 Å². The fraction of sp³-hybridized carbons (Fsp3) is 0.846. The molecule has 0 heterocycles. The molecular formula is C13H20. The second-order valence-electron chi connectivity index (χ2n) is 5.52. The molecule has 0 radical (unpaired) electrons. The van der Waals surface area contributed by atoms with Crippen LogP contribution in [-0.4, -0.2) is 0 Å². The molecule has 0 heteroatoms. The van der Waals surface area contributed by atoms with Crippen molar-refractivity contribution in [2.45, 2.75) is 45.4 Å². The van der Waals surface area contributed by atoms with Gasteiger partial charge in [0.1, 0.15) is 0 Å². The Kier molecular flexibility index (Phi) is 1.63. The van der Waals surface area contributed by atoms with Crippen LogP contribution in [0.4, 0.5) is 0 Å². The van der Waals surface area contributed by atoms with Crippen molar-refractivity contribution in [2.24, 2.45) is 23.2 Å². The average Bonchev–Trinajstić information content (AvgIpc) is 2.54. The average molecular weight is 176 g/mol. The Labute approximate surface area is 81.4 Å². The molecule has 2 unspecified atom stereocenters. The third kappa shape index (κ3) is 1.04. The summed E-state index contributed by atoms with van der Waals surface area (Å²) in [6.07, 6.45) is 13.9. The van der Waals surface area contributed by atoms with Crippen LogP contribution in [0.3, 0.4) is 0 Å². The molecule has 0 amide bonds. The summed E-state index contributed by atoms with van der Waals surface area (Å²) in [4.78, 5) is 0. The molecule has 3 fully saturated rings. The minimum atomic E-state index is 0.877. The predicted octanol–water partition coefficient (Wildman–Crippen LogP) is 3.78. The lowest BCUT2D eigenvalue weighted by Crippen LogP contribution is -2.13. The Balaban J connectivity index is 1.67. The summed E-state index contributed by atoms with van der Waals surface area (Å²) in [6, 6.07) is 0.